The molecule has 3 saturated heterocycles. The molecule has 3 fully saturated rings. The minimum atomic E-state index is -4.89. The number of fused-ring (bicyclic) bond motifs is 4. The number of nitrogens with two attached hydrogens (primary N) is 2. The van der Waals surface area contributed by atoms with Crippen LogP contribution in [0.15, 0.2) is 91.1 Å². The number of phosphoric acid groups is 1. The number of phosphoric ester groups is 1. The molecule has 3 aromatic carbocycles. The predicted molar refractivity (Wildman–Crippen MR) is 327 cm³/mol. The lowest BCUT2D eigenvalue weighted by molar-refractivity contribution is -0.137. The Labute approximate surface area is 519 Å². The Balaban J connectivity index is 0.861. The number of pyridine rings is 1. The molecule has 1 unspecified atom stereocenters. The van der Waals surface area contributed by atoms with Gasteiger partial charge in [0.05, 0.1) is 36.1 Å². The van der Waals surface area contributed by atoms with E-state index in [4.69, 9.17) is 30.7 Å². The molecule has 5 aromatic rings. The number of hydrogen-bond donors (Lipinski definition) is 8. The first-order valence-corrected chi connectivity index (χ1v) is 31.5. The lowest BCUT2D eigenvalue weighted by Crippen LogP contribution is -2.58. The molecule has 2 aromatic heterocycles. The second-order valence-electron chi connectivity index (χ2n) is 23.5. The third-order valence-electron chi connectivity index (χ3n) is 17.0. The molecule has 0 spiro atoms. The van der Waals surface area contributed by atoms with E-state index < -0.39 is 80.5 Å². The standard InChI is InChI=1S/C61H75N14O14P/c1-5-61-29-42(88-56-37(4)26-38(30-65-56)31-71-22-24-72(25-23-71)41-18-17-40-32-73(58(80)44(40)27-41)47-19-20-50(76)67-54(47)78)33-75(61)48-28-46(43-14-9-10-16-49(43)86-35-87-90(83,84)85)69-70-52(48)74(34-61)60(82)89-57(39-12-7-6-8-13-39)68-53(77)45(15-11-21-64-59(63)81)66-55(79)51(62)36(2)3/h6-10,12-14,16-18,26-28,30,36,42,45,47,51,57H,5,11,15,19-25,29,31-35,62H2,1-4H3,(H,66,79)(H,68,77)(H3,63,64,81)(H,67,76,78)(H2,83,84,85)/t42-,45+,47+,51+,57?,61+/m1/s1. The van der Waals surface area contributed by atoms with Gasteiger partial charge in [-0.05, 0) is 86.1 Å². The quantitative estimate of drug-likeness (QED) is 0.0199. The SMILES string of the molecule is CC[C@@]12C[C@@H](Oc3ncc(CN4CCN(c5ccc6c(c5)C(=O)N([C@H]5CCC(=O)NC5=O)C6)CC4)cc3C)CN1c1cc(-c3ccccc3OCOP(=O)(O)O)nnc1N(C(=O)OC(NC(=O)[C@H](CCCNC(N)=O)NC(=O)[C@@H](N)C(C)C)c1ccccc1)C2. The zero-order chi connectivity index (χ0) is 64.0. The normalized spacial score (nSPS) is 20.1. The summed E-state index contributed by atoms with van der Waals surface area (Å²) in [6.07, 6.45) is 0.700. The van der Waals surface area contributed by atoms with Crippen LogP contribution in [0.4, 0.5) is 26.8 Å². The first-order valence-electron chi connectivity index (χ1n) is 29.9. The summed E-state index contributed by atoms with van der Waals surface area (Å²) in [6, 6.07) is 21.3. The van der Waals surface area contributed by atoms with E-state index in [1.54, 1.807) is 79.4 Å². The van der Waals surface area contributed by atoms with Crippen molar-refractivity contribution < 1.29 is 66.6 Å². The van der Waals surface area contributed by atoms with Crippen LogP contribution < -0.4 is 56.9 Å². The first-order chi connectivity index (χ1) is 43.1. The van der Waals surface area contributed by atoms with E-state index in [2.05, 4.69) is 56.8 Å². The summed E-state index contributed by atoms with van der Waals surface area (Å²) in [7, 11) is -4.89. The second kappa shape index (κ2) is 27.5. The third kappa shape index (κ3) is 14.8. The fourth-order valence-corrected chi connectivity index (χ4v) is 12.3. The molecule has 0 aliphatic carbocycles. The maximum Gasteiger partial charge on any atom is 0.472 e. The van der Waals surface area contributed by atoms with Gasteiger partial charge in [0.25, 0.3) is 5.91 Å². The fourth-order valence-electron chi connectivity index (χ4n) is 12.1. The monoisotopic (exact) mass is 1260 g/mol. The largest absolute Gasteiger partial charge is 0.472 e. The summed E-state index contributed by atoms with van der Waals surface area (Å²) in [4.78, 5) is 125. The van der Waals surface area contributed by atoms with Crippen LogP contribution in [0.1, 0.15) is 98.1 Å². The number of urea groups is 1. The molecule has 0 radical (unpaired) electrons. The highest BCUT2D eigenvalue weighted by Gasteiger charge is 2.53. The maximum atomic E-state index is 15.1. The van der Waals surface area contributed by atoms with Crippen molar-refractivity contribution in [2.75, 3.05) is 67.3 Å². The number of nitrogens with zero attached hydrogens (tertiary/aromatic N) is 8. The molecule has 29 heteroatoms. The number of amides is 8. The Bertz CT molecular complexity index is 3570. The van der Waals surface area contributed by atoms with Gasteiger partial charge in [-0.3, -0.25) is 39.1 Å². The van der Waals surface area contributed by atoms with Gasteiger partial charge in [0.15, 0.2) is 12.6 Å². The molecule has 8 amide bonds. The zero-order valence-electron chi connectivity index (χ0n) is 50.4. The van der Waals surface area contributed by atoms with Crippen LogP contribution in [0, 0.1) is 12.8 Å². The van der Waals surface area contributed by atoms with Crippen LogP contribution >= 0.6 is 7.82 Å². The molecule has 10 rings (SSSR count). The van der Waals surface area contributed by atoms with Crippen LogP contribution in [0.2, 0.25) is 0 Å². The van der Waals surface area contributed by atoms with Gasteiger partial charge in [0.2, 0.25) is 35.7 Å². The van der Waals surface area contributed by atoms with E-state index in [1.807, 2.05) is 38.2 Å². The second-order valence-corrected chi connectivity index (χ2v) is 24.7. The zero-order valence-corrected chi connectivity index (χ0v) is 51.3. The van der Waals surface area contributed by atoms with E-state index in [1.165, 1.54) is 4.90 Å². The number of hydrogen-bond acceptors (Lipinski definition) is 19. The van der Waals surface area contributed by atoms with Gasteiger partial charge in [-0.15, -0.1) is 10.2 Å². The highest BCUT2D eigenvalue weighted by molar-refractivity contribution is 7.46. The summed E-state index contributed by atoms with van der Waals surface area (Å²) >= 11 is 0. The molecule has 478 valence electrons. The lowest BCUT2D eigenvalue weighted by Gasteiger charge is -2.47. The van der Waals surface area contributed by atoms with Crippen LogP contribution in [0.5, 0.6) is 11.6 Å². The summed E-state index contributed by atoms with van der Waals surface area (Å²) in [5.41, 5.74) is 16.3. The number of primary amides is 1. The highest BCUT2D eigenvalue weighted by Crippen LogP contribution is 2.48. The summed E-state index contributed by atoms with van der Waals surface area (Å²) in [5.74, 6) is -1.80. The van der Waals surface area contributed by atoms with Gasteiger partial charge >= 0.3 is 19.9 Å². The molecule has 28 nitrogen and oxygen atoms in total. The number of para-hydroxylation sites is 1. The Morgan fingerprint density at radius 2 is 1.68 bits per heavy atom. The van der Waals surface area contributed by atoms with Crippen molar-refractivity contribution in [3.8, 4) is 22.9 Å². The van der Waals surface area contributed by atoms with Gasteiger partial charge in [-0.2, -0.15) is 0 Å². The molecular formula is C61H75N14O14P. The summed E-state index contributed by atoms with van der Waals surface area (Å²) in [5, 5.41) is 19.6. The molecule has 0 bridgehead atoms. The summed E-state index contributed by atoms with van der Waals surface area (Å²) < 4.78 is 35.0. The molecule has 5 aliphatic heterocycles. The number of piperazine rings is 1. The number of carbonyl (C=O) groups is 7. The van der Waals surface area contributed by atoms with Crippen molar-refractivity contribution in [2.45, 2.75) is 115 Å². The number of carbonyl (C=O) groups excluding carboxylic acids is 7. The van der Waals surface area contributed by atoms with Crippen LogP contribution in [-0.4, -0.2) is 159 Å². The Hall–Kier alpha value is -8.79. The van der Waals surface area contributed by atoms with E-state index in [9.17, 15) is 43.1 Å². The molecule has 5 aliphatic rings. The first kappa shape index (κ1) is 64.2. The van der Waals surface area contributed by atoms with Crippen molar-refractivity contribution in [1.29, 1.82) is 0 Å². The van der Waals surface area contributed by atoms with Crippen LogP contribution in [0.25, 0.3) is 11.3 Å². The highest BCUT2D eigenvalue weighted by atomic mass is 31.2. The van der Waals surface area contributed by atoms with Crippen molar-refractivity contribution in [3.05, 3.63) is 119 Å². The van der Waals surface area contributed by atoms with Gasteiger partial charge in [0, 0.05) is 92.8 Å². The van der Waals surface area contributed by atoms with Gasteiger partial charge in [-0.25, -0.2) is 23.7 Å². The average Bonchev–Trinajstić information content (AvgIpc) is 1.47. The van der Waals surface area contributed by atoms with E-state index in [-0.39, 0.29) is 67.3 Å². The molecule has 90 heavy (non-hydrogen) atoms. The lowest BCUT2D eigenvalue weighted by atomic mass is 9.89. The summed E-state index contributed by atoms with van der Waals surface area (Å²) in [6.45, 7) is 11.0. The van der Waals surface area contributed by atoms with E-state index in [0.717, 1.165) is 48.6 Å². The number of aromatic nitrogens is 3. The van der Waals surface area contributed by atoms with Crippen molar-refractivity contribution in [3.63, 3.8) is 0 Å². The molecular weight excluding hydrogens is 1180 g/mol. The molecule has 0 saturated carbocycles. The third-order valence-corrected chi connectivity index (χ3v) is 17.5. The molecule has 6 atom stereocenters. The number of anilines is 3. The number of benzene rings is 3. The van der Waals surface area contributed by atoms with Crippen LogP contribution in [0.3, 0.4) is 0 Å². The number of ether oxygens (including phenoxy) is 3. The van der Waals surface area contributed by atoms with Gasteiger partial charge < -0.3 is 66.1 Å². The number of imide groups is 1. The minimum absolute atomic E-state index is 0.0308. The maximum absolute atomic E-state index is 15.1. The van der Waals surface area contributed by atoms with Gasteiger partial charge in [-0.1, -0.05) is 69.3 Å². The van der Waals surface area contributed by atoms with Crippen molar-refractivity contribution in [2.24, 2.45) is 17.4 Å². The minimum Gasteiger partial charge on any atom is -0.472 e. The number of aryl methyl sites for hydroxylation is 1. The van der Waals surface area contributed by atoms with E-state index >= 15 is 4.79 Å². The number of rotatable bonds is 23. The predicted octanol–water partition coefficient (Wildman–Crippen LogP) is 3.87. The molecule has 10 N–H and O–H groups in total. The van der Waals surface area contributed by atoms with Gasteiger partial charge in [0.1, 0.15) is 23.9 Å². The van der Waals surface area contributed by atoms with E-state index in [0.29, 0.717) is 67.2 Å². The van der Waals surface area contributed by atoms with Crippen molar-refractivity contribution >= 4 is 66.7 Å². The average molecular weight is 1260 g/mol. The smallest absolute Gasteiger partial charge is 0.472 e. The fraction of sp³-hybridized carbons (Fsp3) is 0.443. The molecule has 7 heterocycles. The number of piperidine rings is 1. The Kier molecular flexibility index (Phi) is 19.6. The van der Waals surface area contributed by atoms with Crippen LogP contribution in [-0.2, 0) is 46.1 Å². The number of nitrogens with one attached hydrogen (secondary N) is 4. The Morgan fingerprint density at radius 3 is 2.39 bits per heavy atom. The topological polar surface area (TPSA) is 369 Å². The Morgan fingerprint density at radius 1 is 0.922 bits per heavy atom. The van der Waals surface area contributed by atoms with Crippen molar-refractivity contribution in [1.82, 2.24) is 46.2 Å².